The Hall–Kier alpha value is -2.15. The fourth-order valence-electron chi connectivity index (χ4n) is 2.16. The average Bonchev–Trinajstić information content (AvgIpc) is 3.04. The first kappa shape index (κ1) is 17.7. The quantitative estimate of drug-likeness (QED) is 0.462. The maximum absolute atomic E-state index is 12.1. The van der Waals surface area contributed by atoms with Gasteiger partial charge in [0.05, 0.1) is 10.8 Å². The third-order valence-electron chi connectivity index (χ3n) is 3.34. The molecule has 2 aromatic carbocycles. The predicted octanol–water partition coefficient (Wildman–Crippen LogP) is 4.03. The van der Waals surface area contributed by atoms with E-state index in [9.17, 15) is 9.59 Å². The number of hydrogen-bond acceptors (Lipinski definition) is 3. The molecule has 1 heterocycles. The molecule has 0 bridgehead atoms. The van der Waals surface area contributed by atoms with Gasteiger partial charge in [-0.1, -0.05) is 41.4 Å². The van der Waals surface area contributed by atoms with Crippen molar-refractivity contribution in [2.75, 3.05) is 5.75 Å². The van der Waals surface area contributed by atoms with Crippen LogP contribution in [0.15, 0.2) is 53.4 Å². The number of hydrogen-bond donors (Lipinski definition) is 3. The van der Waals surface area contributed by atoms with Crippen LogP contribution in [0.2, 0.25) is 10.0 Å². The third-order valence-corrected chi connectivity index (χ3v) is 5.07. The zero-order valence-corrected chi connectivity index (χ0v) is 15.1. The smallest absolute Gasteiger partial charge is 0.286 e. The molecule has 128 valence electrons. The summed E-state index contributed by atoms with van der Waals surface area (Å²) < 4.78 is 0. The molecule has 3 rings (SSSR count). The number of halogens is 2. The Morgan fingerprint density at radius 2 is 1.84 bits per heavy atom. The van der Waals surface area contributed by atoms with E-state index in [0.717, 1.165) is 10.9 Å². The van der Waals surface area contributed by atoms with E-state index in [1.165, 1.54) is 11.8 Å². The summed E-state index contributed by atoms with van der Waals surface area (Å²) in [5.41, 5.74) is 5.97. The van der Waals surface area contributed by atoms with Crippen LogP contribution in [-0.2, 0) is 4.79 Å². The monoisotopic (exact) mass is 393 g/mol. The highest BCUT2D eigenvalue weighted by atomic mass is 35.5. The van der Waals surface area contributed by atoms with E-state index in [0.29, 0.717) is 20.6 Å². The Bertz CT molecular complexity index is 910. The van der Waals surface area contributed by atoms with Crippen molar-refractivity contribution >= 4 is 57.7 Å². The lowest BCUT2D eigenvalue weighted by Crippen LogP contribution is -2.42. The molecule has 0 aliphatic rings. The highest BCUT2D eigenvalue weighted by Gasteiger charge is 2.11. The van der Waals surface area contributed by atoms with Gasteiger partial charge in [0.25, 0.3) is 5.91 Å². The van der Waals surface area contributed by atoms with Crippen molar-refractivity contribution in [2.45, 2.75) is 4.90 Å². The fourth-order valence-corrected chi connectivity index (χ4v) is 3.45. The molecule has 5 nitrogen and oxygen atoms in total. The number of carbonyl (C=O) groups excluding carboxylic acids is 2. The van der Waals surface area contributed by atoms with Gasteiger partial charge in [-0.2, -0.15) is 0 Å². The normalized spacial score (nSPS) is 10.6. The summed E-state index contributed by atoms with van der Waals surface area (Å²) in [6, 6.07) is 14.3. The van der Waals surface area contributed by atoms with Gasteiger partial charge in [-0.05, 0) is 30.3 Å². The number of aromatic nitrogens is 1. The van der Waals surface area contributed by atoms with Crippen LogP contribution in [0.3, 0.4) is 0 Å². The van der Waals surface area contributed by atoms with Gasteiger partial charge >= 0.3 is 0 Å². The van der Waals surface area contributed by atoms with Gasteiger partial charge < -0.3 is 4.98 Å². The van der Waals surface area contributed by atoms with E-state index in [1.807, 2.05) is 24.3 Å². The third kappa shape index (κ3) is 4.48. The predicted molar refractivity (Wildman–Crippen MR) is 101 cm³/mol. The number of hydrazine groups is 1. The van der Waals surface area contributed by atoms with E-state index in [4.69, 9.17) is 23.2 Å². The first-order valence-corrected chi connectivity index (χ1v) is 9.02. The van der Waals surface area contributed by atoms with Crippen molar-refractivity contribution in [3.8, 4) is 0 Å². The van der Waals surface area contributed by atoms with Gasteiger partial charge in [-0.25, -0.2) is 0 Å². The molecule has 0 aliphatic carbocycles. The van der Waals surface area contributed by atoms with Gasteiger partial charge in [0, 0.05) is 20.8 Å². The minimum Gasteiger partial charge on any atom is -0.350 e. The Kier molecular flexibility index (Phi) is 5.53. The number of thioether (sulfide) groups is 1. The summed E-state index contributed by atoms with van der Waals surface area (Å²) in [6.07, 6.45) is 0. The van der Waals surface area contributed by atoms with Crippen molar-refractivity contribution in [3.05, 3.63) is 64.3 Å². The number of amides is 2. The zero-order valence-electron chi connectivity index (χ0n) is 12.8. The number of fused-ring (bicyclic) bond motifs is 1. The number of carbonyl (C=O) groups is 2. The van der Waals surface area contributed by atoms with Gasteiger partial charge in [0.2, 0.25) is 5.91 Å². The number of nitrogens with one attached hydrogen (secondary N) is 3. The van der Waals surface area contributed by atoms with Gasteiger partial charge in [0.1, 0.15) is 5.69 Å². The number of aromatic amines is 1. The average molecular weight is 394 g/mol. The van der Waals surface area contributed by atoms with Gasteiger partial charge in [-0.15, -0.1) is 11.8 Å². The minimum absolute atomic E-state index is 0.0903. The van der Waals surface area contributed by atoms with Gasteiger partial charge in [0.15, 0.2) is 0 Å². The van der Waals surface area contributed by atoms with Crippen LogP contribution in [0.4, 0.5) is 0 Å². The van der Waals surface area contributed by atoms with Crippen molar-refractivity contribution in [2.24, 2.45) is 0 Å². The molecule has 0 atom stereocenters. The van der Waals surface area contributed by atoms with E-state index >= 15 is 0 Å². The standard InChI is InChI=1S/C17H13Cl2N3O2S/c18-11-5-6-12(19)15(8-11)25-9-16(23)21-22-17(24)14-7-10-3-1-2-4-13(10)20-14/h1-8,20H,9H2,(H,21,23)(H,22,24). The van der Waals surface area contributed by atoms with Crippen LogP contribution < -0.4 is 10.9 Å². The highest BCUT2D eigenvalue weighted by Crippen LogP contribution is 2.29. The first-order valence-electron chi connectivity index (χ1n) is 7.28. The second kappa shape index (κ2) is 7.82. The van der Waals surface area contributed by atoms with Crippen LogP contribution in [0.1, 0.15) is 10.5 Å². The Labute approximate surface area is 158 Å². The largest absolute Gasteiger partial charge is 0.350 e. The van der Waals surface area contributed by atoms with Gasteiger partial charge in [-0.3, -0.25) is 20.4 Å². The molecule has 3 aromatic rings. The molecule has 0 saturated heterocycles. The maximum atomic E-state index is 12.1. The topological polar surface area (TPSA) is 74.0 Å². The summed E-state index contributed by atoms with van der Waals surface area (Å²) in [5.74, 6) is -0.687. The fraction of sp³-hybridized carbons (Fsp3) is 0.0588. The lowest BCUT2D eigenvalue weighted by atomic mass is 10.2. The summed E-state index contributed by atoms with van der Waals surface area (Å²) in [5, 5.41) is 1.98. The lowest BCUT2D eigenvalue weighted by molar-refractivity contribution is -0.119. The molecular weight excluding hydrogens is 381 g/mol. The number of para-hydroxylation sites is 1. The van der Waals surface area contributed by atoms with Crippen LogP contribution in [-0.4, -0.2) is 22.6 Å². The van der Waals surface area contributed by atoms with Crippen LogP contribution >= 0.6 is 35.0 Å². The van der Waals surface area contributed by atoms with E-state index in [-0.39, 0.29) is 11.7 Å². The summed E-state index contributed by atoms with van der Waals surface area (Å²) in [4.78, 5) is 27.7. The molecule has 0 fully saturated rings. The van der Waals surface area contributed by atoms with Crippen LogP contribution in [0.25, 0.3) is 10.9 Å². The second-order valence-corrected chi connectivity index (χ2v) is 7.00. The highest BCUT2D eigenvalue weighted by molar-refractivity contribution is 8.00. The Balaban J connectivity index is 1.53. The Morgan fingerprint density at radius 1 is 1.04 bits per heavy atom. The van der Waals surface area contributed by atoms with E-state index in [2.05, 4.69) is 15.8 Å². The molecule has 25 heavy (non-hydrogen) atoms. The van der Waals surface area contributed by atoms with E-state index < -0.39 is 5.91 Å². The molecule has 0 spiro atoms. The summed E-state index contributed by atoms with van der Waals surface area (Å²) in [7, 11) is 0. The number of benzene rings is 2. The van der Waals surface area contributed by atoms with E-state index in [1.54, 1.807) is 24.3 Å². The Morgan fingerprint density at radius 3 is 2.64 bits per heavy atom. The van der Waals surface area contributed by atoms with Crippen LogP contribution in [0, 0.1) is 0 Å². The molecule has 1 aromatic heterocycles. The molecule has 0 saturated carbocycles. The maximum Gasteiger partial charge on any atom is 0.286 e. The minimum atomic E-state index is -0.421. The second-order valence-electron chi connectivity index (χ2n) is 5.14. The first-order chi connectivity index (χ1) is 12.0. The van der Waals surface area contributed by atoms with Crippen molar-refractivity contribution in [3.63, 3.8) is 0 Å². The number of H-pyrrole nitrogens is 1. The molecule has 0 radical (unpaired) electrons. The molecule has 0 aliphatic heterocycles. The summed E-state index contributed by atoms with van der Waals surface area (Å²) >= 11 is 13.2. The molecule has 0 unspecified atom stereocenters. The van der Waals surface area contributed by atoms with Crippen molar-refractivity contribution < 1.29 is 9.59 Å². The lowest BCUT2D eigenvalue weighted by Gasteiger charge is -2.07. The van der Waals surface area contributed by atoms with Crippen molar-refractivity contribution in [1.82, 2.24) is 15.8 Å². The zero-order chi connectivity index (χ0) is 17.8. The van der Waals surface area contributed by atoms with Crippen LogP contribution in [0.5, 0.6) is 0 Å². The SMILES string of the molecule is O=C(CSc1cc(Cl)ccc1Cl)NNC(=O)c1cc2ccccc2[nH]1. The number of rotatable bonds is 4. The molecular formula is C17H13Cl2N3O2S. The van der Waals surface area contributed by atoms with Crippen molar-refractivity contribution in [1.29, 1.82) is 0 Å². The summed E-state index contributed by atoms with van der Waals surface area (Å²) in [6.45, 7) is 0. The molecule has 8 heteroatoms. The molecule has 3 N–H and O–H groups in total. The molecule has 2 amide bonds.